The second-order valence-electron chi connectivity index (χ2n) is 6.75. The maximum Gasteiger partial charge on any atom is 0.305 e. The molecule has 1 heterocycles. The fourth-order valence-electron chi connectivity index (χ4n) is 3.03. The van der Waals surface area contributed by atoms with Crippen molar-refractivity contribution in [1.82, 2.24) is 9.97 Å². The van der Waals surface area contributed by atoms with Crippen LogP contribution in [0.15, 0.2) is 48.5 Å². The molecule has 1 aromatic heterocycles. The molecule has 3 aromatic rings. The number of nitrogens with one attached hydrogen (secondary N) is 1. The number of benzene rings is 2. The number of aryl methyl sites for hydroxylation is 1. The number of esters is 1. The van der Waals surface area contributed by atoms with Crippen LogP contribution in [0.5, 0.6) is 5.75 Å². The number of hydrogen-bond donors (Lipinski definition) is 1. The van der Waals surface area contributed by atoms with Crippen molar-refractivity contribution in [2.24, 2.45) is 0 Å². The van der Waals surface area contributed by atoms with Crippen LogP contribution in [0.25, 0.3) is 10.9 Å². The lowest BCUT2D eigenvalue weighted by molar-refractivity contribution is -0.143. The van der Waals surface area contributed by atoms with Crippen molar-refractivity contribution >= 4 is 28.4 Å². The molecule has 1 N–H and O–H groups in total. The fraction of sp³-hybridized carbons (Fsp3) is 0.348. The van der Waals surface area contributed by atoms with Crippen LogP contribution in [0.4, 0.5) is 11.5 Å². The van der Waals surface area contributed by atoms with Gasteiger partial charge < -0.3 is 14.8 Å². The summed E-state index contributed by atoms with van der Waals surface area (Å²) in [6.45, 7) is 4.79. The standard InChI is InChI=1S/C23H27N3O3/c1-3-28-22(27)11-5-4-8-16-29-19-14-12-18(13-15-19)26-23-20-9-6-7-10-21(20)24-17(2)25-23/h6-7,9-10,12-15H,3-5,8,11,16H2,1-2H3,(H,24,25,26). The first-order chi connectivity index (χ1) is 14.2. The third kappa shape index (κ3) is 6.17. The SMILES string of the molecule is CCOC(=O)CCCCCOc1ccc(Nc2nc(C)nc3ccccc23)cc1. The number of carbonyl (C=O) groups excluding carboxylic acids is 1. The van der Waals surface area contributed by atoms with E-state index in [0.29, 0.717) is 19.6 Å². The van der Waals surface area contributed by atoms with E-state index in [1.54, 1.807) is 0 Å². The highest BCUT2D eigenvalue weighted by atomic mass is 16.5. The Bertz CT molecular complexity index is 942. The number of nitrogens with zero attached hydrogens (tertiary/aromatic N) is 2. The Hall–Kier alpha value is -3.15. The summed E-state index contributed by atoms with van der Waals surface area (Å²) in [6.07, 6.45) is 3.16. The first-order valence-corrected chi connectivity index (χ1v) is 10.0. The van der Waals surface area contributed by atoms with Gasteiger partial charge in [0, 0.05) is 17.5 Å². The topological polar surface area (TPSA) is 73.3 Å². The van der Waals surface area contributed by atoms with Gasteiger partial charge in [0.25, 0.3) is 0 Å². The summed E-state index contributed by atoms with van der Waals surface area (Å²) in [5.41, 5.74) is 1.86. The molecule has 0 unspecified atom stereocenters. The Kier molecular flexibility index (Phi) is 7.39. The molecule has 0 saturated carbocycles. The van der Waals surface area contributed by atoms with Gasteiger partial charge in [-0.1, -0.05) is 12.1 Å². The van der Waals surface area contributed by atoms with Gasteiger partial charge in [-0.05, 0) is 69.5 Å². The number of rotatable bonds is 10. The van der Waals surface area contributed by atoms with Crippen LogP contribution in [0.1, 0.15) is 38.4 Å². The van der Waals surface area contributed by atoms with E-state index in [9.17, 15) is 4.79 Å². The van der Waals surface area contributed by atoms with E-state index in [1.807, 2.05) is 62.4 Å². The number of carbonyl (C=O) groups is 1. The number of para-hydroxylation sites is 1. The molecular formula is C23H27N3O3. The van der Waals surface area contributed by atoms with Crippen molar-refractivity contribution in [3.05, 3.63) is 54.4 Å². The van der Waals surface area contributed by atoms with E-state index < -0.39 is 0 Å². The minimum atomic E-state index is -0.122. The van der Waals surface area contributed by atoms with Crippen LogP contribution in [-0.4, -0.2) is 29.2 Å². The molecule has 6 heteroatoms. The lowest BCUT2D eigenvalue weighted by Gasteiger charge is -2.11. The summed E-state index contributed by atoms with van der Waals surface area (Å²) in [6, 6.07) is 15.8. The summed E-state index contributed by atoms with van der Waals surface area (Å²) < 4.78 is 10.7. The molecule has 29 heavy (non-hydrogen) atoms. The Morgan fingerprint density at radius 3 is 2.59 bits per heavy atom. The Morgan fingerprint density at radius 2 is 1.79 bits per heavy atom. The van der Waals surface area contributed by atoms with Crippen molar-refractivity contribution in [1.29, 1.82) is 0 Å². The van der Waals surface area contributed by atoms with Crippen molar-refractivity contribution in [3.8, 4) is 5.75 Å². The van der Waals surface area contributed by atoms with E-state index >= 15 is 0 Å². The van der Waals surface area contributed by atoms with Crippen LogP contribution in [0, 0.1) is 6.92 Å². The monoisotopic (exact) mass is 393 g/mol. The average Bonchev–Trinajstić information content (AvgIpc) is 2.72. The molecular weight excluding hydrogens is 366 g/mol. The molecule has 0 aliphatic carbocycles. The highest BCUT2D eigenvalue weighted by Crippen LogP contribution is 2.25. The number of unbranched alkanes of at least 4 members (excludes halogenated alkanes) is 2. The number of ether oxygens (including phenoxy) is 2. The van der Waals surface area contributed by atoms with Crippen LogP contribution < -0.4 is 10.1 Å². The molecule has 0 radical (unpaired) electrons. The number of hydrogen-bond acceptors (Lipinski definition) is 6. The maximum atomic E-state index is 11.3. The van der Waals surface area contributed by atoms with Gasteiger partial charge in [-0.3, -0.25) is 4.79 Å². The smallest absolute Gasteiger partial charge is 0.305 e. The largest absolute Gasteiger partial charge is 0.494 e. The molecule has 0 fully saturated rings. The molecule has 3 rings (SSSR count). The molecule has 0 saturated heterocycles. The lowest BCUT2D eigenvalue weighted by Crippen LogP contribution is -2.04. The second-order valence-corrected chi connectivity index (χ2v) is 6.75. The van der Waals surface area contributed by atoms with Crippen LogP contribution in [-0.2, 0) is 9.53 Å². The zero-order valence-corrected chi connectivity index (χ0v) is 17.0. The predicted molar refractivity (Wildman–Crippen MR) is 115 cm³/mol. The predicted octanol–water partition coefficient (Wildman–Crippen LogP) is 5.18. The van der Waals surface area contributed by atoms with Gasteiger partial charge in [0.15, 0.2) is 0 Å². The van der Waals surface area contributed by atoms with Gasteiger partial charge in [0.05, 0.1) is 18.7 Å². The Morgan fingerprint density at radius 1 is 1.00 bits per heavy atom. The van der Waals surface area contributed by atoms with Gasteiger partial charge >= 0.3 is 5.97 Å². The van der Waals surface area contributed by atoms with Crippen molar-refractivity contribution < 1.29 is 14.3 Å². The minimum Gasteiger partial charge on any atom is -0.494 e. The fourth-order valence-corrected chi connectivity index (χ4v) is 3.03. The van der Waals surface area contributed by atoms with Crippen molar-refractivity contribution in [2.75, 3.05) is 18.5 Å². The summed E-state index contributed by atoms with van der Waals surface area (Å²) >= 11 is 0. The normalized spacial score (nSPS) is 10.7. The van der Waals surface area contributed by atoms with Crippen LogP contribution in [0.2, 0.25) is 0 Å². The zero-order valence-electron chi connectivity index (χ0n) is 17.0. The van der Waals surface area contributed by atoms with Gasteiger partial charge in [0.2, 0.25) is 0 Å². The highest BCUT2D eigenvalue weighted by molar-refractivity contribution is 5.90. The Labute approximate surface area is 171 Å². The molecule has 0 aliphatic rings. The molecule has 0 spiro atoms. The quantitative estimate of drug-likeness (QED) is 0.378. The average molecular weight is 393 g/mol. The zero-order chi connectivity index (χ0) is 20.5. The molecule has 6 nitrogen and oxygen atoms in total. The molecule has 0 atom stereocenters. The number of anilines is 2. The van der Waals surface area contributed by atoms with E-state index in [-0.39, 0.29) is 5.97 Å². The van der Waals surface area contributed by atoms with Crippen LogP contribution in [0.3, 0.4) is 0 Å². The first kappa shape index (κ1) is 20.6. The molecule has 2 aromatic carbocycles. The molecule has 0 amide bonds. The summed E-state index contributed by atoms with van der Waals surface area (Å²) in [7, 11) is 0. The molecule has 0 bridgehead atoms. The van der Waals surface area contributed by atoms with Crippen molar-refractivity contribution in [2.45, 2.75) is 39.5 Å². The third-order valence-electron chi connectivity index (χ3n) is 4.43. The van der Waals surface area contributed by atoms with Gasteiger partial charge in [-0.25, -0.2) is 9.97 Å². The summed E-state index contributed by atoms with van der Waals surface area (Å²) in [5.74, 6) is 2.23. The van der Waals surface area contributed by atoms with E-state index in [1.165, 1.54) is 0 Å². The number of fused-ring (bicyclic) bond motifs is 1. The number of aromatic nitrogens is 2. The second kappa shape index (κ2) is 10.4. The van der Waals surface area contributed by atoms with E-state index in [0.717, 1.165) is 53.2 Å². The summed E-state index contributed by atoms with van der Waals surface area (Å²) in [5, 5.41) is 4.36. The summed E-state index contributed by atoms with van der Waals surface area (Å²) in [4.78, 5) is 20.3. The maximum absolute atomic E-state index is 11.3. The third-order valence-corrected chi connectivity index (χ3v) is 4.43. The van der Waals surface area contributed by atoms with Gasteiger partial charge in [-0.2, -0.15) is 0 Å². The lowest BCUT2D eigenvalue weighted by atomic mass is 10.2. The molecule has 152 valence electrons. The first-order valence-electron chi connectivity index (χ1n) is 10.0. The van der Waals surface area contributed by atoms with Gasteiger partial charge in [-0.15, -0.1) is 0 Å². The molecule has 0 aliphatic heterocycles. The van der Waals surface area contributed by atoms with Crippen LogP contribution >= 0.6 is 0 Å². The minimum absolute atomic E-state index is 0.122. The Balaban J connectivity index is 1.48. The van der Waals surface area contributed by atoms with E-state index in [4.69, 9.17) is 9.47 Å². The van der Waals surface area contributed by atoms with Crippen molar-refractivity contribution in [3.63, 3.8) is 0 Å². The van der Waals surface area contributed by atoms with Gasteiger partial charge in [0.1, 0.15) is 17.4 Å². The van der Waals surface area contributed by atoms with E-state index in [2.05, 4.69) is 15.3 Å². The highest BCUT2D eigenvalue weighted by Gasteiger charge is 2.06.